The molecule has 0 spiro atoms. The van der Waals surface area contributed by atoms with E-state index >= 15 is 0 Å². The Hall–Kier alpha value is -4.74. The lowest BCUT2D eigenvalue weighted by Gasteiger charge is -2.37. The van der Waals surface area contributed by atoms with Crippen molar-refractivity contribution < 1.29 is 32.3 Å². The topological polar surface area (TPSA) is 144 Å². The summed E-state index contributed by atoms with van der Waals surface area (Å²) >= 11 is 6.50. The van der Waals surface area contributed by atoms with Crippen LogP contribution in [0.25, 0.3) is 16.9 Å². The van der Waals surface area contributed by atoms with Crippen LogP contribution < -0.4 is 10.6 Å². The summed E-state index contributed by atoms with van der Waals surface area (Å²) < 4.78 is 51.7. The highest BCUT2D eigenvalue weighted by Crippen LogP contribution is 2.37. The van der Waals surface area contributed by atoms with Crippen molar-refractivity contribution in [2.75, 3.05) is 58.3 Å². The van der Waals surface area contributed by atoms with E-state index in [0.717, 1.165) is 30.6 Å². The fourth-order valence-electron chi connectivity index (χ4n) is 6.41. The Morgan fingerprint density at radius 1 is 1.08 bits per heavy atom. The minimum Gasteiger partial charge on any atom is -0.383 e. The number of aromatic nitrogens is 6. The number of piperidine rings is 1. The van der Waals surface area contributed by atoms with E-state index in [0.29, 0.717) is 50.7 Å². The molecular weight excluding hydrogens is 693 g/mol. The van der Waals surface area contributed by atoms with E-state index in [4.69, 9.17) is 16.3 Å². The van der Waals surface area contributed by atoms with Crippen molar-refractivity contribution in [1.29, 1.82) is 0 Å². The summed E-state index contributed by atoms with van der Waals surface area (Å²) in [7, 11) is 2.97. The number of carbonyl (C=O) groups is 3. The molecule has 0 saturated carbocycles. The maximum atomic E-state index is 14.2. The van der Waals surface area contributed by atoms with Crippen LogP contribution in [0.15, 0.2) is 36.8 Å². The zero-order valence-electron chi connectivity index (χ0n) is 28.3. The largest absolute Gasteiger partial charge is 0.435 e. The Kier molecular flexibility index (Phi) is 10.5. The van der Waals surface area contributed by atoms with Crippen LogP contribution >= 0.6 is 11.6 Å². The first kappa shape index (κ1) is 36.1. The number of amides is 3. The number of hydrogen-bond acceptors (Lipinski definition) is 8. The number of methoxy groups -OCH3 is 1. The number of imidazole rings is 1. The van der Waals surface area contributed by atoms with Crippen LogP contribution in [0, 0.1) is 12.8 Å². The molecule has 0 unspecified atom stereocenters. The fourth-order valence-corrected chi connectivity index (χ4v) is 6.67. The number of nitrogens with one attached hydrogen (secondary N) is 2. The van der Waals surface area contributed by atoms with Gasteiger partial charge in [0, 0.05) is 58.1 Å². The molecular formula is C33H38ClF3N10O4. The van der Waals surface area contributed by atoms with E-state index in [9.17, 15) is 27.6 Å². The predicted molar refractivity (Wildman–Crippen MR) is 181 cm³/mol. The highest BCUT2D eigenvalue weighted by Gasteiger charge is 2.39. The van der Waals surface area contributed by atoms with E-state index < -0.39 is 17.8 Å². The lowest BCUT2D eigenvalue weighted by molar-refractivity contribution is -0.141. The van der Waals surface area contributed by atoms with Gasteiger partial charge in [-0.15, -0.1) is 0 Å². The van der Waals surface area contributed by atoms with Gasteiger partial charge >= 0.3 is 6.18 Å². The van der Waals surface area contributed by atoms with Crippen LogP contribution in [-0.2, 0) is 29.3 Å². The van der Waals surface area contributed by atoms with Crippen LogP contribution in [0.2, 0.25) is 5.02 Å². The quantitative estimate of drug-likeness (QED) is 0.266. The van der Waals surface area contributed by atoms with Crippen LogP contribution in [0.5, 0.6) is 0 Å². The molecule has 2 aliphatic rings. The third-order valence-corrected chi connectivity index (χ3v) is 9.62. The molecule has 18 heteroatoms. The summed E-state index contributed by atoms with van der Waals surface area (Å²) in [6.07, 6.45) is 0.648. The molecule has 0 bridgehead atoms. The van der Waals surface area contributed by atoms with Crippen LogP contribution in [0.4, 0.5) is 18.9 Å². The minimum absolute atomic E-state index is 0.0112. The number of halogens is 4. The lowest BCUT2D eigenvalue weighted by Crippen LogP contribution is -2.52. The molecule has 0 aliphatic carbocycles. The van der Waals surface area contributed by atoms with Crippen molar-refractivity contribution in [3.63, 3.8) is 0 Å². The molecule has 2 saturated heterocycles. The van der Waals surface area contributed by atoms with Crippen LogP contribution in [-0.4, -0.2) is 110 Å². The first-order valence-corrected chi connectivity index (χ1v) is 16.9. The van der Waals surface area contributed by atoms with Crippen molar-refractivity contribution in [3.8, 4) is 16.9 Å². The highest BCUT2D eigenvalue weighted by atomic mass is 35.5. The second kappa shape index (κ2) is 14.9. The molecule has 2 aliphatic heterocycles. The highest BCUT2D eigenvalue weighted by molar-refractivity contribution is 6.34. The number of carbonyl (C=O) groups excluding carboxylic acids is 3. The Morgan fingerprint density at radius 2 is 1.78 bits per heavy atom. The molecule has 1 aromatic carbocycles. The molecule has 0 radical (unpaired) electrons. The molecule has 14 nitrogen and oxygen atoms in total. The van der Waals surface area contributed by atoms with Crippen molar-refractivity contribution in [3.05, 3.63) is 64.6 Å². The normalized spacial score (nSPS) is 15.7. The number of ether oxygens (including phenoxy) is 1. The standard InChI is InChI=1S/C33H38ClF3N10O4/c1-20-26(18-40-46(20)14-15-51-3)47-19-24(28(42-47)33(35,36)37)27-17-39-29(43(27)2)30(48)41-22-4-5-23(25(34)16-22)32(50)45-12-10-44(11-13-45)31(49)21-6-8-38-9-7-21/h4-5,16-19,21,38H,6-15H2,1-3H3,(H,41,48). The summed E-state index contributed by atoms with van der Waals surface area (Å²) in [5.41, 5.74) is 0.0302. The summed E-state index contributed by atoms with van der Waals surface area (Å²) in [4.78, 5) is 47.1. The number of anilines is 1. The lowest BCUT2D eigenvalue weighted by atomic mass is 9.96. The number of alkyl halides is 3. The number of rotatable bonds is 9. The SMILES string of the molecule is COCCn1ncc(-n2cc(-c3cnc(C(=O)Nc4ccc(C(=O)N5CCN(C(=O)C6CCNCC6)CC5)c(Cl)c4)n3C)c(C(F)(F)F)n2)c1C. The van der Waals surface area contributed by atoms with E-state index in [1.165, 1.54) is 55.5 Å². The smallest absolute Gasteiger partial charge is 0.383 e. The molecule has 6 rings (SSSR count). The third-order valence-electron chi connectivity index (χ3n) is 9.31. The van der Waals surface area contributed by atoms with Gasteiger partial charge in [0.2, 0.25) is 5.91 Å². The first-order valence-electron chi connectivity index (χ1n) is 16.5. The Balaban J connectivity index is 1.14. The molecule has 4 aromatic rings. The molecule has 2 fully saturated rings. The maximum Gasteiger partial charge on any atom is 0.435 e. The summed E-state index contributed by atoms with van der Waals surface area (Å²) in [6.45, 7) is 5.78. The second-order valence-corrected chi connectivity index (χ2v) is 12.9. The van der Waals surface area contributed by atoms with Crippen molar-refractivity contribution in [2.45, 2.75) is 32.5 Å². The van der Waals surface area contributed by atoms with Gasteiger partial charge in [-0.05, 0) is 51.1 Å². The fraction of sp³-hybridized carbons (Fsp3) is 0.455. The number of hydrogen-bond donors (Lipinski definition) is 2. The number of nitrogens with zero attached hydrogens (tertiary/aromatic N) is 8. The van der Waals surface area contributed by atoms with Gasteiger partial charge in [-0.25, -0.2) is 9.67 Å². The van der Waals surface area contributed by atoms with E-state index in [-0.39, 0.29) is 51.1 Å². The van der Waals surface area contributed by atoms with Crippen molar-refractivity contribution in [1.82, 2.24) is 44.2 Å². The van der Waals surface area contributed by atoms with Gasteiger partial charge in [0.15, 0.2) is 11.5 Å². The van der Waals surface area contributed by atoms with E-state index in [2.05, 4.69) is 25.8 Å². The van der Waals surface area contributed by atoms with E-state index in [1.54, 1.807) is 16.5 Å². The van der Waals surface area contributed by atoms with Gasteiger partial charge < -0.3 is 29.7 Å². The summed E-state index contributed by atoms with van der Waals surface area (Å²) in [5.74, 6) is -1.02. The zero-order valence-corrected chi connectivity index (χ0v) is 29.1. The molecule has 272 valence electrons. The van der Waals surface area contributed by atoms with Gasteiger partial charge in [0.1, 0.15) is 5.69 Å². The minimum atomic E-state index is -4.80. The summed E-state index contributed by atoms with van der Waals surface area (Å²) in [5, 5.41) is 14.1. The number of benzene rings is 1. The first-order chi connectivity index (χ1) is 24.4. The monoisotopic (exact) mass is 730 g/mol. The Morgan fingerprint density at radius 3 is 2.45 bits per heavy atom. The third kappa shape index (κ3) is 7.50. The summed E-state index contributed by atoms with van der Waals surface area (Å²) in [6, 6.07) is 4.44. The molecule has 3 aromatic heterocycles. The zero-order chi connectivity index (χ0) is 36.4. The second-order valence-electron chi connectivity index (χ2n) is 12.5. The average molecular weight is 731 g/mol. The van der Waals surface area contributed by atoms with Crippen molar-refractivity contribution >= 4 is 35.0 Å². The van der Waals surface area contributed by atoms with Crippen LogP contribution in [0.1, 0.15) is 45.2 Å². The van der Waals surface area contributed by atoms with Gasteiger partial charge in [-0.2, -0.15) is 23.4 Å². The molecule has 0 atom stereocenters. The average Bonchev–Trinajstić information content (AvgIpc) is 3.83. The van der Waals surface area contributed by atoms with Gasteiger partial charge in [0.25, 0.3) is 11.8 Å². The molecule has 51 heavy (non-hydrogen) atoms. The molecule has 3 amide bonds. The van der Waals surface area contributed by atoms with E-state index in [1.807, 2.05) is 4.90 Å². The van der Waals surface area contributed by atoms with Gasteiger partial charge in [-0.3, -0.25) is 19.1 Å². The van der Waals surface area contributed by atoms with Crippen molar-refractivity contribution in [2.24, 2.45) is 13.0 Å². The number of piperazine rings is 1. The van der Waals surface area contributed by atoms with Gasteiger partial charge in [0.05, 0.1) is 53.1 Å². The maximum absolute atomic E-state index is 14.2. The Labute approximate surface area is 296 Å². The Bertz CT molecular complexity index is 1920. The molecule has 5 heterocycles. The van der Waals surface area contributed by atoms with Crippen LogP contribution in [0.3, 0.4) is 0 Å². The predicted octanol–water partition coefficient (Wildman–Crippen LogP) is 3.63. The van der Waals surface area contributed by atoms with Gasteiger partial charge in [-0.1, -0.05) is 11.6 Å². The molecule has 2 N–H and O–H groups in total.